The monoisotopic (exact) mass is 518 g/mol. The quantitative estimate of drug-likeness (QED) is 0.326. The molecule has 0 bridgehead atoms. The topological polar surface area (TPSA) is 82.9 Å². The molecule has 1 saturated heterocycles. The van der Waals surface area contributed by atoms with Crippen LogP contribution in [0.15, 0.2) is 46.1 Å². The first-order chi connectivity index (χ1) is 16.9. The van der Waals surface area contributed by atoms with Crippen LogP contribution < -0.4 is 4.74 Å². The zero-order valence-corrected chi connectivity index (χ0v) is 21.4. The van der Waals surface area contributed by atoms with Crippen LogP contribution in [0.5, 0.6) is 5.75 Å². The highest BCUT2D eigenvalue weighted by atomic mass is 32.2. The molecule has 3 atom stereocenters. The van der Waals surface area contributed by atoms with Gasteiger partial charge < -0.3 is 19.8 Å². The molecule has 3 heterocycles. The van der Waals surface area contributed by atoms with Gasteiger partial charge in [-0.1, -0.05) is 6.07 Å². The van der Waals surface area contributed by atoms with Gasteiger partial charge in [-0.25, -0.2) is 4.39 Å². The fourth-order valence-corrected chi connectivity index (χ4v) is 6.83. The number of piperidine rings is 1. The molecule has 3 aromatic rings. The number of hydrogen-bond acceptors (Lipinski definition) is 7. The molecule has 1 fully saturated rings. The Morgan fingerprint density at radius 3 is 2.97 bits per heavy atom. The number of thiophene rings is 1. The zero-order valence-electron chi connectivity index (χ0n) is 19.7. The van der Waals surface area contributed by atoms with Gasteiger partial charge in [0, 0.05) is 36.2 Å². The first-order valence-electron chi connectivity index (χ1n) is 11.8. The van der Waals surface area contributed by atoms with Crippen molar-refractivity contribution in [2.45, 2.75) is 36.0 Å². The molecular formula is C26H31FN2O4S2. The number of aliphatic hydroxyl groups is 1. The summed E-state index contributed by atoms with van der Waals surface area (Å²) in [7, 11) is 1.54. The Bertz CT molecular complexity index is 1130. The molecule has 35 heavy (non-hydrogen) atoms. The van der Waals surface area contributed by atoms with Gasteiger partial charge in [0.05, 0.1) is 29.1 Å². The van der Waals surface area contributed by atoms with Crippen molar-refractivity contribution in [1.29, 1.82) is 0 Å². The van der Waals surface area contributed by atoms with E-state index in [1.54, 1.807) is 36.6 Å². The number of aliphatic hydroxyl groups excluding tert-OH is 1. The van der Waals surface area contributed by atoms with E-state index in [0.29, 0.717) is 29.5 Å². The lowest BCUT2D eigenvalue weighted by Crippen LogP contribution is -2.42. The summed E-state index contributed by atoms with van der Waals surface area (Å²) in [5.41, 5.74) is 0.824. The number of likely N-dealkylation sites (tertiary alicyclic amines) is 1. The number of ether oxygens (including phenoxy) is 1. The van der Waals surface area contributed by atoms with Gasteiger partial charge in [0.25, 0.3) is 0 Å². The highest BCUT2D eigenvalue weighted by molar-refractivity contribution is 8.01. The van der Waals surface area contributed by atoms with E-state index in [2.05, 4.69) is 21.3 Å². The van der Waals surface area contributed by atoms with E-state index < -0.39 is 17.9 Å². The number of aromatic nitrogens is 1. The summed E-state index contributed by atoms with van der Waals surface area (Å²) in [4.78, 5) is 18.0. The van der Waals surface area contributed by atoms with Gasteiger partial charge in [0.2, 0.25) is 0 Å². The SMILES string of the molecule is COc1ccc2ncc(F)c(C(O)CCC3CCN(CCSc4cccs4)CC3CC(=O)O)c2c1. The van der Waals surface area contributed by atoms with Crippen molar-refractivity contribution in [3.05, 3.63) is 53.3 Å². The molecule has 0 spiro atoms. The molecule has 0 aliphatic carbocycles. The number of thioether (sulfide) groups is 1. The van der Waals surface area contributed by atoms with Crippen molar-refractivity contribution < 1.29 is 24.1 Å². The Hall–Kier alpha value is -2.20. The summed E-state index contributed by atoms with van der Waals surface area (Å²) >= 11 is 3.57. The van der Waals surface area contributed by atoms with Crippen molar-refractivity contribution >= 4 is 40.0 Å². The molecule has 0 radical (unpaired) electrons. The average molecular weight is 519 g/mol. The van der Waals surface area contributed by atoms with E-state index in [-0.39, 0.29) is 23.8 Å². The van der Waals surface area contributed by atoms with Crippen LogP contribution >= 0.6 is 23.1 Å². The molecule has 1 aliphatic heterocycles. The Balaban J connectivity index is 1.39. The van der Waals surface area contributed by atoms with Crippen LogP contribution in [0.2, 0.25) is 0 Å². The Morgan fingerprint density at radius 1 is 1.37 bits per heavy atom. The molecule has 3 unspecified atom stereocenters. The van der Waals surface area contributed by atoms with Crippen molar-refractivity contribution in [3.8, 4) is 5.75 Å². The Morgan fingerprint density at radius 2 is 2.23 bits per heavy atom. The standard InChI is InChI=1S/C26H31FN2O4S2/c1-33-19-5-6-22-20(14-19)26(21(27)15-28-22)23(30)7-4-17-8-9-29(16-18(17)13-24(31)32)10-12-35-25-3-2-11-34-25/h2-3,5-6,11,14-15,17-18,23,30H,4,7-10,12-13,16H2,1H3,(H,31,32). The van der Waals surface area contributed by atoms with Crippen LogP contribution in [-0.4, -0.2) is 58.6 Å². The number of nitrogens with zero attached hydrogens (tertiary/aromatic N) is 2. The number of pyridine rings is 1. The number of fused-ring (bicyclic) bond motifs is 1. The molecule has 1 aliphatic rings. The predicted molar refractivity (Wildman–Crippen MR) is 138 cm³/mol. The van der Waals surface area contributed by atoms with Crippen LogP contribution in [0.4, 0.5) is 4.39 Å². The van der Waals surface area contributed by atoms with Gasteiger partial charge in [0.1, 0.15) is 11.6 Å². The third kappa shape index (κ3) is 6.73. The fourth-order valence-electron chi connectivity index (χ4n) is 4.97. The number of hydrogen-bond donors (Lipinski definition) is 2. The average Bonchev–Trinajstić information content (AvgIpc) is 3.36. The van der Waals surface area contributed by atoms with E-state index in [0.717, 1.165) is 38.0 Å². The first kappa shape index (κ1) is 25.9. The molecule has 188 valence electrons. The zero-order chi connectivity index (χ0) is 24.8. The molecule has 2 N–H and O–H groups in total. The second-order valence-electron chi connectivity index (χ2n) is 8.98. The van der Waals surface area contributed by atoms with Crippen molar-refractivity contribution in [1.82, 2.24) is 9.88 Å². The summed E-state index contributed by atoms with van der Waals surface area (Å²) in [6, 6.07) is 9.37. The fraction of sp³-hybridized carbons (Fsp3) is 0.462. The van der Waals surface area contributed by atoms with Gasteiger partial charge in [-0.05, 0) is 67.3 Å². The van der Waals surface area contributed by atoms with Crippen LogP contribution in [-0.2, 0) is 4.79 Å². The molecular weight excluding hydrogens is 487 g/mol. The third-order valence-electron chi connectivity index (χ3n) is 6.77. The molecule has 0 amide bonds. The normalized spacial score (nSPS) is 19.6. The third-order valence-corrected chi connectivity index (χ3v) is 8.88. The van der Waals surface area contributed by atoms with Crippen molar-refractivity contribution in [2.75, 3.05) is 32.5 Å². The first-order valence-corrected chi connectivity index (χ1v) is 13.7. The highest BCUT2D eigenvalue weighted by Crippen LogP contribution is 2.36. The van der Waals surface area contributed by atoms with E-state index in [4.69, 9.17) is 4.74 Å². The maximum atomic E-state index is 14.7. The van der Waals surface area contributed by atoms with Gasteiger partial charge >= 0.3 is 5.97 Å². The van der Waals surface area contributed by atoms with Crippen LogP contribution in [0.25, 0.3) is 10.9 Å². The lowest BCUT2D eigenvalue weighted by Gasteiger charge is -2.38. The van der Waals surface area contributed by atoms with E-state index in [1.807, 2.05) is 17.8 Å². The largest absolute Gasteiger partial charge is 0.497 e. The van der Waals surface area contributed by atoms with Crippen LogP contribution in [0, 0.1) is 17.7 Å². The smallest absolute Gasteiger partial charge is 0.303 e. The van der Waals surface area contributed by atoms with Crippen LogP contribution in [0.1, 0.15) is 37.4 Å². The summed E-state index contributed by atoms with van der Waals surface area (Å²) in [5, 5.41) is 23.1. The maximum absolute atomic E-state index is 14.7. The second kappa shape index (κ2) is 12.2. The minimum Gasteiger partial charge on any atom is -0.497 e. The Labute approximate surface area is 213 Å². The number of halogens is 1. The van der Waals surface area contributed by atoms with E-state index in [9.17, 15) is 19.4 Å². The van der Waals surface area contributed by atoms with Crippen LogP contribution in [0.3, 0.4) is 0 Å². The van der Waals surface area contributed by atoms with Crippen molar-refractivity contribution in [2.24, 2.45) is 11.8 Å². The summed E-state index contributed by atoms with van der Waals surface area (Å²) in [5.74, 6) is 0.394. The molecule has 1 aromatic carbocycles. The Kier molecular flexibility index (Phi) is 8.99. The van der Waals surface area contributed by atoms with E-state index >= 15 is 0 Å². The maximum Gasteiger partial charge on any atom is 0.303 e. The van der Waals surface area contributed by atoms with Gasteiger partial charge in [-0.15, -0.1) is 23.1 Å². The molecule has 9 heteroatoms. The number of methoxy groups -OCH3 is 1. The minimum atomic E-state index is -1.00. The predicted octanol–water partition coefficient (Wildman–Crippen LogP) is 5.46. The molecule has 6 nitrogen and oxygen atoms in total. The summed E-state index contributed by atoms with van der Waals surface area (Å²) < 4.78 is 21.3. The number of benzene rings is 1. The minimum absolute atomic E-state index is 0.0133. The molecule has 0 saturated carbocycles. The summed E-state index contributed by atoms with van der Waals surface area (Å²) in [6.07, 6.45) is 2.14. The van der Waals surface area contributed by atoms with Gasteiger partial charge in [0.15, 0.2) is 0 Å². The molecule has 4 rings (SSSR count). The highest BCUT2D eigenvalue weighted by Gasteiger charge is 2.31. The number of carboxylic acid groups (broad SMARTS) is 1. The molecule has 2 aromatic heterocycles. The lowest BCUT2D eigenvalue weighted by atomic mass is 9.79. The number of carboxylic acids is 1. The van der Waals surface area contributed by atoms with Gasteiger partial charge in [-0.3, -0.25) is 9.78 Å². The second-order valence-corrected chi connectivity index (χ2v) is 11.3. The van der Waals surface area contributed by atoms with Crippen molar-refractivity contribution in [3.63, 3.8) is 0 Å². The summed E-state index contributed by atoms with van der Waals surface area (Å²) in [6.45, 7) is 2.57. The van der Waals surface area contributed by atoms with E-state index in [1.165, 1.54) is 4.21 Å². The number of aliphatic carboxylic acids is 1. The lowest BCUT2D eigenvalue weighted by molar-refractivity contribution is -0.139. The van der Waals surface area contributed by atoms with Gasteiger partial charge in [-0.2, -0.15) is 0 Å². The number of rotatable bonds is 11. The number of carbonyl (C=O) groups is 1.